The van der Waals surface area contributed by atoms with E-state index in [0.29, 0.717) is 5.69 Å². The van der Waals surface area contributed by atoms with Gasteiger partial charge in [0, 0.05) is 5.69 Å². The van der Waals surface area contributed by atoms with Crippen LogP contribution in [0.3, 0.4) is 0 Å². The van der Waals surface area contributed by atoms with E-state index in [1.54, 1.807) is 6.07 Å². The van der Waals surface area contributed by atoms with E-state index in [1.807, 2.05) is 19.1 Å². The molecular weight excluding hydrogens is 220 g/mol. The molecule has 2 N–H and O–H groups in total. The zero-order valence-electron chi connectivity index (χ0n) is 9.54. The highest BCUT2D eigenvalue weighted by Gasteiger charge is 2.12. The summed E-state index contributed by atoms with van der Waals surface area (Å²) in [6.45, 7) is 1.88. The summed E-state index contributed by atoms with van der Waals surface area (Å²) in [5.74, 6) is -0.516. The second-order valence-electron chi connectivity index (χ2n) is 3.53. The van der Waals surface area contributed by atoms with E-state index < -0.39 is 5.97 Å². The predicted octanol–water partition coefficient (Wildman–Crippen LogP) is 0.945. The predicted molar refractivity (Wildman–Crippen MR) is 61.8 cm³/mol. The Labute approximate surface area is 98.0 Å². The highest BCUT2D eigenvalue weighted by molar-refractivity contribution is 5.86. The molecule has 88 valence electrons. The molecule has 0 aliphatic rings. The normalized spacial score (nSPS) is 10.2. The summed E-state index contributed by atoms with van der Waals surface area (Å²) >= 11 is 0. The van der Waals surface area contributed by atoms with E-state index in [4.69, 9.17) is 5.73 Å². The van der Waals surface area contributed by atoms with Crippen molar-refractivity contribution in [3.63, 3.8) is 0 Å². The molecule has 0 aliphatic carbocycles. The van der Waals surface area contributed by atoms with Crippen molar-refractivity contribution in [3.8, 4) is 5.69 Å². The van der Waals surface area contributed by atoms with Crippen molar-refractivity contribution in [2.45, 2.75) is 6.92 Å². The van der Waals surface area contributed by atoms with Crippen LogP contribution in [0.1, 0.15) is 16.1 Å². The Kier molecular flexibility index (Phi) is 2.78. The van der Waals surface area contributed by atoms with Gasteiger partial charge in [-0.05, 0) is 24.6 Å². The Bertz CT molecular complexity index is 562. The molecule has 0 unspecified atom stereocenters. The first kappa shape index (κ1) is 11.1. The van der Waals surface area contributed by atoms with Crippen LogP contribution in [-0.4, -0.2) is 28.1 Å². The van der Waals surface area contributed by atoms with E-state index in [9.17, 15) is 4.79 Å². The number of nitrogen functional groups attached to an aromatic ring is 1. The van der Waals surface area contributed by atoms with Crippen LogP contribution in [0, 0.1) is 6.92 Å². The van der Waals surface area contributed by atoms with Gasteiger partial charge in [-0.1, -0.05) is 11.3 Å². The fourth-order valence-electron chi connectivity index (χ4n) is 1.47. The molecule has 0 saturated heterocycles. The number of esters is 1. The van der Waals surface area contributed by atoms with Crippen molar-refractivity contribution in [2.24, 2.45) is 0 Å². The van der Waals surface area contributed by atoms with Gasteiger partial charge in [0.25, 0.3) is 0 Å². The smallest absolute Gasteiger partial charge is 0.360 e. The van der Waals surface area contributed by atoms with Gasteiger partial charge in [0.1, 0.15) is 0 Å². The molecule has 0 aliphatic heterocycles. The Morgan fingerprint density at radius 3 is 2.94 bits per heavy atom. The Hall–Kier alpha value is -2.37. The van der Waals surface area contributed by atoms with Crippen LogP contribution in [0.2, 0.25) is 0 Å². The van der Waals surface area contributed by atoms with Gasteiger partial charge in [-0.3, -0.25) is 0 Å². The zero-order valence-corrected chi connectivity index (χ0v) is 9.54. The van der Waals surface area contributed by atoms with Crippen LogP contribution in [0.4, 0.5) is 5.69 Å². The van der Waals surface area contributed by atoms with Gasteiger partial charge in [-0.15, -0.1) is 5.10 Å². The fraction of sp³-hybridized carbons (Fsp3) is 0.182. The van der Waals surface area contributed by atoms with Crippen LogP contribution in [-0.2, 0) is 4.74 Å². The quantitative estimate of drug-likeness (QED) is 0.615. The van der Waals surface area contributed by atoms with Crippen LogP contribution in [0.5, 0.6) is 0 Å². The SMILES string of the molecule is COC(=O)c1cn(-c2cccc(N)c2C)nn1. The number of nitrogens with two attached hydrogens (primary N) is 1. The molecule has 1 heterocycles. The topological polar surface area (TPSA) is 83.0 Å². The number of hydrogen-bond acceptors (Lipinski definition) is 5. The van der Waals surface area contributed by atoms with Crippen molar-refractivity contribution in [1.29, 1.82) is 0 Å². The van der Waals surface area contributed by atoms with Gasteiger partial charge in [0.05, 0.1) is 19.0 Å². The van der Waals surface area contributed by atoms with Gasteiger partial charge in [-0.2, -0.15) is 0 Å². The Balaban J connectivity index is 2.44. The molecule has 0 atom stereocenters. The molecule has 1 aromatic carbocycles. The minimum absolute atomic E-state index is 0.161. The third-order valence-electron chi connectivity index (χ3n) is 2.48. The minimum atomic E-state index is -0.516. The number of ether oxygens (including phenoxy) is 1. The van der Waals surface area contributed by atoms with Crippen LogP contribution in [0.15, 0.2) is 24.4 Å². The van der Waals surface area contributed by atoms with Crippen LogP contribution in [0.25, 0.3) is 5.69 Å². The van der Waals surface area contributed by atoms with Crippen molar-refractivity contribution in [3.05, 3.63) is 35.7 Å². The maximum Gasteiger partial charge on any atom is 0.360 e. The molecule has 2 aromatic rings. The Morgan fingerprint density at radius 2 is 2.24 bits per heavy atom. The first-order chi connectivity index (χ1) is 8.13. The molecule has 2 rings (SSSR count). The molecule has 0 amide bonds. The monoisotopic (exact) mass is 232 g/mol. The summed E-state index contributed by atoms with van der Waals surface area (Å²) < 4.78 is 6.06. The number of methoxy groups -OCH3 is 1. The molecule has 0 saturated carbocycles. The third-order valence-corrected chi connectivity index (χ3v) is 2.48. The lowest BCUT2D eigenvalue weighted by atomic mass is 10.1. The minimum Gasteiger partial charge on any atom is -0.464 e. The van der Waals surface area contributed by atoms with Crippen LogP contribution < -0.4 is 5.73 Å². The number of anilines is 1. The molecule has 6 nitrogen and oxygen atoms in total. The van der Waals surface area contributed by atoms with E-state index in [2.05, 4.69) is 15.0 Å². The number of hydrogen-bond donors (Lipinski definition) is 1. The second kappa shape index (κ2) is 4.25. The molecule has 17 heavy (non-hydrogen) atoms. The first-order valence-corrected chi connectivity index (χ1v) is 4.99. The van der Waals surface area contributed by atoms with Gasteiger partial charge in [0.2, 0.25) is 0 Å². The highest BCUT2D eigenvalue weighted by atomic mass is 16.5. The van der Waals surface area contributed by atoms with Crippen molar-refractivity contribution >= 4 is 11.7 Å². The molecule has 0 fully saturated rings. The standard InChI is InChI=1S/C11H12N4O2/c1-7-8(12)4-3-5-10(7)15-6-9(13-14-15)11(16)17-2/h3-6H,12H2,1-2H3. The lowest BCUT2D eigenvalue weighted by Crippen LogP contribution is -2.02. The number of carbonyl (C=O) groups excluding carboxylic acids is 1. The summed E-state index contributed by atoms with van der Waals surface area (Å²) in [5, 5.41) is 7.60. The van der Waals surface area contributed by atoms with Crippen molar-refractivity contribution in [2.75, 3.05) is 12.8 Å². The number of nitrogens with zero attached hydrogens (tertiary/aromatic N) is 3. The molecule has 0 spiro atoms. The Morgan fingerprint density at radius 1 is 1.47 bits per heavy atom. The molecular formula is C11H12N4O2. The van der Waals surface area contributed by atoms with Gasteiger partial charge < -0.3 is 10.5 Å². The number of rotatable bonds is 2. The van der Waals surface area contributed by atoms with E-state index in [1.165, 1.54) is 18.0 Å². The third kappa shape index (κ3) is 1.96. The van der Waals surface area contributed by atoms with Crippen LogP contribution >= 0.6 is 0 Å². The van der Waals surface area contributed by atoms with E-state index in [0.717, 1.165) is 11.3 Å². The first-order valence-electron chi connectivity index (χ1n) is 4.99. The van der Waals surface area contributed by atoms with Crippen molar-refractivity contribution in [1.82, 2.24) is 15.0 Å². The van der Waals surface area contributed by atoms with Gasteiger partial charge in [0.15, 0.2) is 5.69 Å². The summed E-state index contributed by atoms with van der Waals surface area (Å²) in [4.78, 5) is 11.2. The largest absolute Gasteiger partial charge is 0.464 e. The number of aromatic nitrogens is 3. The zero-order chi connectivity index (χ0) is 12.4. The lowest BCUT2D eigenvalue weighted by Gasteiger charge is -2.06. The molecule has 0 bridgehead atoms. The second-order valence-corrected chi connectivity index (χ2v) is 3.53. The molecule has 6 heteroatoms. The number of benzene rings is 1. The maximum absolute atomic E-state index is 11.2. The van der Waals surface area contributed by atoms with Crippen molar-refractivity contribution < 1.29 is 9.53 Å². The van der Waals surface area contributed by atoms with Gasteiger partial charge >= 0.3 is 5.97 Å². The van der Waals surface area contributed by atoms with Gasteiger partial charge in [-0.25, -0.2) is 9.48 Å². The summed E-state index contributed by atoms with van der Waals surface area (Å²) in [6.07, 6.45) is 1.51. The lowest BCUT2D eigenvalue weighted by molar-refractivity contribution is 0.0594. The average Bonchev–Trinajstić information content (AvgIpc) is 2.81. The maximum atomic E-state index is 11.2. The van der Waals surface area contributed by atoms with E-state index >= 15 is 0 Å². The summed E-state index contributed by atoms with van der Waals surface area (Å²) in [7, 11) is 1.30. The fourth-order valence-corrected chi connectivity index (χ4v) is 1.47. The average molecular weight is 232 g/mol. The van der Waals surface area contributed by atoms with E-state index in [-0.39, 0.29) is 5.69 Å². The highest BCUT2D eigenvalue weighted by Crippen LogP contribution is 2.18. The summed E-state index contributed by atoms with van der Waals surface area (Å²) in [6, 6.07) is 5.47. The number of carbonyl (C=O) groups is 1. The summed E-state index contributed by atoms with van der Waals surface area (Å²) in [5.41, 5.74) is 8.29. The molecule has 1 aromatic heterocycles. The molecule has 0 radical (unpaired) electrons.